The number of amides is 1. The van der Waals surface area contributed by atoms with Gasteiger partial charge in [0.1, 0.15) is 0 Å². The zero-order valence-electron chi connectivity index (χ0n) is 19.1. The Morgan fingerprint density at radius 2 is 1.97 bits per heavy atom. The second kappa shape index (κ2) is 8.51. The third kappa shape index (κ3) is 3.99. The molecule has 6 heterocycles. The summed E-state index contributed by atoms with van der Waals surface area (Å²) in [7, 11) is 1.96. The summed E-state index contributed by atoms with van der Waals surface area (Å²) in [6.45, 7) is 3.42. The van der Waals surface area contributed by atoms with Crippen molar-refractivity contribution in [2.24, 2.45) is 7.05 Å². The molecule has 0 saturated carbocycles. The van der Waals surface area contributed by atoms with Gasteiger partial charge in [0.05, 0.1) is 29.3 Å². The number of pyridine rings is 2. The molecule has 1 aliphatic rings. The summed E-state index contributed by atoms with van der Waals surface area (Å²) in [4.78, 5) is 38.1. The maximum absolute atomic E-state index is 13.3. The molecule has 0 unspecified atom stereocenters. The molecule has 11 heteroatoms. The van der Waals surface area contributed by atoms with Gasteiger partial charge in [0.25, 0.3) is 5.91 Å². The van der Waals surface area contributed by atoms with E-state index >= 15 is 0 Å². The van der Waals surface area contributed by atoms with E-state index in [2.05, 4.69) is 40.2 Å². The lowest BCUT2D eigenvalue weighted by molar-refractivity contribution is 0.102. The summed E-state index contributed by atoms with van der Waals surface area (Å²) in [6, 6.07) is 5.71. The van der Waals surface area contributed by atoms with Crippen LogP contribution in [0.4, 0.5) is 10.8 Å². The van der Waals surface area contributed by atoms with Gasteiger partial charge in [0.15, 0.2) is 15.6 Å². The van der Waals surface area contributed by atoms with Gasteiger partial charge in [-0.25, -0.2) is 9.97 Å². The Morgan fingerprint density at radius 3 is 2.83 bits per heavy atom. The molecule has 0 aliphatic carbocycles. The van der Waals surface area contributed by atoms with E-state index in [1.54, 1.807) is 24.8 Å². The van der Waals surface area contributed by atoms with E-state index in [4.69, 9.17) is 0 Å². The first kappa shape index (κ1) is 21.3. The van der Waals surface area contributed by atoms with Gasteiger partial charge in [0.2, 0.25) is 0 Å². The van der Waals surface area contributed by atoms with Crippen LogP contribution in [-0.2, 0) is 20.0 Å². The van der Waals surface area contributed by atoms with Crippen molar-refractivity contribution >= 4 is 38.5 Å². The number of carbonyl (C=O) groups excluding carboxylic acids is 1. The number of nitrogens with zero attached hydrogens (tertiary/aromatic N) is 8. The van der Waals surface area contributed by atoms with Gasteiger partial charge in [-0.3, -0.25) is 24.8 Å². The van der Waals surface area contributed by atoms with Crippen LogP contribution < -0.4 is 10.2 Å². The first-order chi connectivity index (χ1) is 17.0. The van der Waals surface area contributed by atoms with Crippen molar-refractivity contribution in [2.45, 2.75) is 19.9 Å². The Labute approximate surface area is 204 Å². The first-order valence-electron chi connectivity index (χ1n) is 11.1. The molecule has 10 nitrogen and oxygen atoms in total. The Kier molecular flexibility index (Phi) is 5.18. The van der Waals surface area contributed by atoms with E-state index in [-0.39, 0.29) is 5.91 Å². The molecule has 0 spiro atoms. The standard InChI is InChI=1S/C24H21N9OS/c1-14-9-20(33-8-5-19-16(13-33)10-28-32(19)2)17(11-26-14)22(34)31-24-30-21-23(35-24)29-18(12-27-21)15-3-6-25-7-4-15/h3-4,6-7,9-12H,5,8,13H2,1-2H3,(H,27,30,31,34). The van der Waals surface area contributed by atoms with Crippen LogP contribution in [-0.4, -0.2) is 47.2 Å². The molecule has 1 amide bonds. The van der Waals surface area contributed by atoms with Crippen LogP contribution >= 0.6 is 11.3 Å². The molecule has 1 N–H and O–H groups in total. The highest BCUT2D eigenvalue weighted by molar-refractivity contribution is 7.21. The minimum absolute atomic E-state index is 0.266. The number of hydrogen-bond acceptors (Lipinski definition) is 9. The zero-order valence-corrected chi connectivity index (χ0v) is 20.0. The number of thiazole rings is 1. The lowest BCUT2D eigenvalue weighted by Gasteiger charge is -2.30. The average Bonchev–Trinajstić information content (AvgIpc) is 3.46. The fraction of sp³-hybridized carbons (Fsp3) is 0.208. The molecule has 5 aromatic heterocycles. The van der Waals surface area contributed by atoms with Crippen molar-refractivity contribution in [2.75, 3.05) is 16.8 Å². The highest BCUT2D eigenvalue weighted by Crippen LogP contribution is 2.30. The lowest BCUT2D eigenvalue weighted by atomic mass is 10.1. The molecule has 0 fully saturated rings. The molecule has 0 atom stereocenters. The van der Waals surface area contributed by atoms with Crippen molar-refractivity contribution in [3.63, 3.8) is 0 Å². The topological polar surface area (TPSA) is 115 Å². The Morgan fingerprint density at radius 1 is 1.11 bits per heavy atom. The van der Waals surface area contributed by atoms with Gasteiger partial charge in [-0.05, 0) is 25.1 Å². The third-order valence-electron chi connectivity index (χ3n) is 6.05. The maximum atomic E-state index is 13.3. The fourth-order valence-corrected chi connectivity index (χ4v) is 5.07. The lowest BCUT2D eigenvalue weighted by Crippen LogP contribution is -2.32. The Hall–Kier alpha value is -4.25. The molecule has 6 rings (SSSR count). The van der Waals surface area contributed by atoms with Crippen molar-refractivity contribution in [3.8, 4) is 11.3 Å². The molecule has 35 heavy (non-hydrogen) atoms. The number of aromatic nitrogens is 7. The summed E-state index contributed by atoms with van der Waals surface area (Å²) >= 11 is 1.29. The van der Waals surface area contributed by atoms with Crippen LogP contribution in [0.3, 0.4) is 0 Å². The number of nitrogens with one attached hydrogen (secondary N) is 1. The largest absolute Gasteiger partial charge is 0.366 e. The average molecular weight is 484 g/mol. The number of hydrogen-bond donors (Lipinski definition) is 1. The minimum Gasteiger partial charge on any atom is -0.366 e. The van der Waals surface area contributed by atoms with E-state index in [0.29, 0.717) is 27.7 Å². The van der Waals surface area contributed by atoms with Gasteiger partial charge >= 0.3 is 0 Å². The van der Waals surface area contributed by atoms with Crippen LogP contribution in [0.5, 0.6) is 0 Å². The normalized spacial score (nSPS) is 13.1. The van der Waals surface area contributed by atoms with Gasteiger partial charge in [-0.2, -0.15) is 10.1 Å². The van der Waals surface area contributed by atoms with Gasteiger partial charge in [-0.15, -0.1) is 0 Å². The smallest absolute Gasteiger partial charge is 0.261 e. The van der Waals surface area contributed by atoms with E-state index in [1.807, 2.05) is 43.0 Å². The first-order valence-corrected chi connectivity index (χ1v) is 11.9. The molecule has 1 aliphatic heterocycles. The van der Waals surface area contributed by atoms with Gasteiger partial charge in [-0.1, -0.05) is 11.3 Å². The van der Waals surface area contributed by atoms with Crippen LogP contribution in [0.2, 0.25) is 0 Å². The summed E-state index contributed by atoms with van der Waals surface area (Å²) < 4.78 is 1.92. The second-order valence-corrected chi connectivity index (χ2v) is 9.33. The summed E-state index contributed by atoms with van der Waals surface area (Å²) in [5, 5.41) is 7.75. The van der Waals surface area contributed by atoms with Crippen molar-refractivity contribution in [3.05, 3.63) is 71.7 Å². The number of carbonyl (C=O) groups is 1. The quantitative estimate of drug-likeness (QED) is 0.414. The van der Waals surface area contributed by atoms with E-state index in [9.17, 15) is 4.79 Å². The van der Waals surface area contributed by atoms with Crippen molar-refractivity contribution < 1.29 is 4.79 Å². The molecular weight excluding hydrogens is 462 g/mol. The Bertz CT molecular complexity index is 1560. The second-order valence-electron chi connectivity index (χ2n) is 8.35. The number of rotatable bonds is 4. The van der Waals surface area contributed by atoms with E-state index < -0.39 is 0 Å². The van der Waals surface area contributed by atoms with Crippen molar-refractivity contribution in [1.82, 2.24) is 34.7 Å². The van der Waals surface area contributed by atoms with Gasteiger partial charge in [0, 0.05) is 67.7 Å². The molecule has 174 valence electrons. The number of aryl methyl sites for hydroxylation is 2. The summed E-state index contributed by atoms with van der Waals surface area (Å²) in [5.74, 6) is -0.266. The minimum atomic E-state index is -0.266. The summed E-state index contributed by atoms with van der Waals surface area (Å²) in [6.07, 6.45) is 9.49. The Balaban J connectivity index is 1.27. The SMILES string of the molecule is Cc1cc(N2CCc3c(cnn3C)C2)c(C(=O)Nc2nc3ncc(-c4ccncc4)nc3s2)cn1. The number of fused-ring (bicyclic) bond motifs is 2. The molecule has 0 bridgehead atoms. The predicted octanol–water partition coefficient (Wildman–Crippen LogP) is 3.40. The monoisotopic (exact) mass is 483 g/mol. The molecule has 0 saturated heterocycles. The van der Waals surface area contributed by atoms with Gasteiger partial charge < -0.3 is 4.90 Å². The predicted molar refractivity (Wildman–Crippen MR) is 133 cm³/mol. The maximum Gasteiger partial charge on any atom is 0.261 e. The zero-order chi connectivity index (χ0) is 23.9. The number of anilines is 2. The van der Waals surface area contributed by atoms with Crippen LogP contribution in [0.1, 0.15) is 27.3 Å². The third-order valence-corrected chi connectivity index (χ3v) is 6.91. The molecule has 0 aromatic carbocycles. The molecule has 0 radical (unpaired) electrons. The van der Waals surface area contributed by atoms with Crippen LogP contribution in [0.25, 0.3) is 21.7 Å². The van der Waals surface area contributed by atoms with E-state index in [1.165, 1.54) is 22.6 Å². The molecule has 5 aromatic rings. The van der Waals surface area contributed by atoms with Crippen molar-refractivity contribution in [1.29, 1.82) is 0 Å². The highest BCUT2D eigenvalue weighted by atomic mass is 32.1. The van der Waals surface area contributed by atoms with E-state index in [0.717, 1.165) is 35.6 Å². The molecular formula is C24H21N9OS. The van der Waals surface area contributed by atoms with Crippen LogP contribution in [0, 0.1) is 6.92 Å². The van der Waals surface area contributed by atoms with Crippen LogP contribution in [0.15, 0.2) is 49.2 Å². The fourth-order valence-electron chi connectivity index (χ4n) is 4.28. The highest BCUT2D eigenvalue weighted by Gasteiger charge is 2.24. The summed E-state index contributed by atoms with van der Waals surface area (Å²) in [5.41, 5.74) is 6.75.